The highest BCUT2D eigenvalue weighted by molar-refractivity contribution is 6.40. The Morgan fingerprint density at radius 2 is 1.04 bits per heavy atom. The Bertz CT molecular complexity index is 3580. The summed E-state index contributed by atoms with van der Waals surface area (Å²) in [6, 6.07) is 22.5. The predicted molar refractivity (Wildman–Crippen MR) is 200 cm³/mol. The normalized spacial score (nSPS) is 13.5. The molecule has 234 valence electrons. The summed E-state index contributed by atoms with van der Waals surface area (Å²) in [6.07, 6.45) is 3.68. The molecule has 8 heteroatoms. The van der Waals surface area contributed by atoms with Crippen molar-refractivity contribution in [2.24, 2.45) is 0 Å². The number of H-pyrrole nitrogens is 2. The number of hydrogen-bond donors (Lipinski definition) is 3. The largest absolute Gasteiger partial charge is 0.507 e. The lowest BCUT2D eigenvalue weighted by Crippen LogP contribution is -2.13. The van der Waals surface area contributed by atoms with Crippen LogP contribution in [-0.2, 0) is 11.2 Å². The van der Waals surface area contributed by atoms with E-state index in [-0.39, 0.29) is 81.8 Å². The topological polar surface area (TPSA) is 137 Å². The third-order valence-corrected chi connectivity index (χ3v) is 10.7. The zero-order valence-electron chi connectivity index (χ0n) is 25.9. The number of ketones is 1. The van der Waals surface area contributed by atoms with E-state index in [0.29, 0.717) is 33.7 Å². The number of aromatic hydroxyl groups is 1. The summed E-state index contributed by atoms with van der Waals surface area (Å²) in [5.41, 5.74) is 2.01. The standard InChI is InChI=1S/C42H20N2O6/c45-20-11-9-17-15-26-18(13-19(17)14-20)10-12-25-29-32-31-28(46)16-27-30(40(48)22-6-2-1-5-21(22)39(27)47)37(31)44-38(32)34-33(36(29)43-35(25)26)41(49)23-7-3-4-8-24(23)42(34)50/h1-13,15-16,43-44,46H,14H2. The van der Waals surface area contributed by atoms with Crippen LogP contribution in [0.5, 0.6) is 5.75 Å². The van der Waals surface area contributed by atoms with E-state index in [1.54, 1.807) is 60.7 Å². The highest BCUT2D eigenvalue weighted by atomic mass is 16.3. The number of benzene rings is 8. The third-order valence-electron chi connectivity index (χ3n) is 10.7. The molecule has 0 spiro atoms. The molecule has 2 aromatic heterocycles. The fraction of sp³-hybridized carbons (Fsp3) is 0.0238. The van der Waals surface area contributed by atoms with Crippen molar-refractivity contribution >= 4 is 109 Å². The van der Waals surface area contributed by atoms with E-state index in [4.69, 9.17) is 0 Å². The molecule has 1 aliphatic carbocycles. The molecule has 0 atom stereocenters. The second-order valence-corrected chi connectivity index (χ2v) is 13.2. The lowest BCUT2D eigenvalue weighted by atomic mass is 9.92. The summed E-state index contributed by atoms with van der Waals surface area (Å²) in [5, 5.41) is 17.1. The molecule has 0 saturated heterocycles. The van der Waals surface area contributed by atoms with Crippen LogP contribution in [0.4, 0.5) is 0 Å². The Morgan fingerprint density at radius 3 is 1.72 bits per heavy atom. The minimum atomic E-state index is -0.393. The number of carbonyl (C=O) groups excluding carboxylic acids is 1. The molecule has 11 rings (SSSR count). The van der Waals surface area contributed by atoms with Crippen LogP contribution >= 0.6 is 0 Å². The molecule has 8 nitrogen and oxygen atoms in total. The molecule has 50 heavy (non-hydrogen) atoms. The number of carbonyl (C=O) groups is 1. The van der Waals surface area contributed by atoms with Crippen molar-refractivity contribution in [2.75, 3.05) is 0 Å². The van der Waals surface area contributed by atoms with E-state index in [2.05, 4.69) is 9.97 Å². The van der Waals surface area contributed by atoms with Crippen molar-refractivity contribution in [1.82, 2.24) is 9.97 Å². The minimum Gasteiger partial charge on any atom is -0.507 e. The zero-order valence-corrected chi connectivity index (χ0v) is 25.9. The van der Waals surface area contributed by atoms with Gasteiger partial charge in [0.1, 0.15) is 5.75 Å². The zero-order chi connectivity index (χ0) is 33.7. The Kier molecular flexibility index (Phi) is 4.84. The molecule has 0 aliphatic heterocycles. The number of aromatic amines is 2. The molecule has 0 bridgehead atoms. The van der Waals surface area contributed by atoms with Gasteiger partial charge in [-0.15, -0.1) is 0 Å². The molecule has 0 unspecified atom stereocenters. The number of allylic oxidation sites excluding steroid dienone is 1. The Morgan fingerprint density at radius 1 is 0.460 bits per heavy atom. The second-order valence-electron chi connectivity index (χ2n) is 13.2. The first-order valence-electron chi connectivity index (χ1n) is 16.2. The highest BCUT2D eigenvalue weighted by Crippen LogP contribution is 2.46. The summed E-state index contributed by atoms with van der Waals surface area (Å²) in [4.78, 5) is 75.7. The molecule has 0 amide bonds. The van der Waals surface area contributed by atoms with Gasteiger partial charge in [-0.05, 0) is 34.7 Å². The van der Waals surface area contributed by atoms with Gasteiger partial charge >= 0.3 is 0 Å². The number of aromatic nitrogens is 2. The fourth-order valence-corrected chi connectivity index (χ4v) is 8.51. The SMILES string of the molecule is O=C1C=Cc2cc3c(ccc4c3[nH]c3c5c(=O)c6ccccc6c(=O)c5c5[nH]c6c(c(O)cc7c(=O)c8ccccc8c(=O)c76)c5c43)cc2C1. The number of phenols is 1. The molecule has 0 radical (unpaired) electrons. The average molecular weight is 649 g/mol. The van der Waals surface area contributed by atoms with Gasteiger partial charge in [0.2, 0.25) is 0 Å². The van der Waals surface area contributed by atoms with Crippen LogP contribution in [0, 0.1) is 0 Å². The first-order chi connectivity index (χ1) is 24.3. The van der Waals surface area contributed by atoms with Gasteiger partial charge in [0.05, 0.1) is 43.6 Å². The van der Waals surface area contributed by atoms with Crippen molar-refractivity contribution in [1.29, 1.82) is 0 Å². The quantitative estimate of drug-likeness (QED) is 0.153. The number of nitrogens with one attached hydrogen (secondary N) is 2. The molecule has 3 N–H and O–H groups in total. The van der Waals surface area contributed by atoms with Crippen LogP contribution in [0.15, 0.2) is 104 Å². The Labute approximate surface area is 277 Å². The summed E-state index contributed by atoms with van der Waals surface area (Å²) in [7, 11) is 0. The summed E-state index contributed by atoms with van der Waals surface area (Å²) in [6.45, 7) is 0. The summed E-state index contributed by atoms with van der Waals surface area (Å²) >= 11 is 0. The molecule has 2 heterocycles. The van der Waals surface area contributed by atoms with Crippen LogP contribution in [-0.4, -0.2) is 20.9 Å². The lowest BCUT2D eigenvalue weighted by molar-refractivity contribution is -0.114. The third kappa shape index (κ3) is 3.13. The molecule has 10 aromatic rings. The van der Waals surface area contributed by atoms with Gasteiger partial charge < -0.3 is 15.1 Å². The number of rotatable bonds is 0. The van der Waals surface area contributed by atoms with Crippen LogP contribution in [0.3, 0.4) is 0 Å². The Hall–Kier alpha value is -6.93. The van der Waals surface area contributed by atoms with E-state index in [1.807, 2.05) is 24.3 Å². The van der Waals surface area contributed by atoms with Crippen LogP contribution in [0.2, 0.25) is 0 Å². The first kappa shape index (κ1) is 27.1. The van der Waals surface area contributed by atoms with Crippen molar-refractivity contribution < 1.29 is 9.90 Å². The number of fused-ring (bicyclic) bond motifs is 17. The molecule has 0 fully saturated rings. The van der Waals surface area contributed by atoms with Crippen LogP contribution in [0.25, 0.3) is 104 Å². The monoisotopic (exact) mass is 648 g/mol. The summed E-state index contributed by atoms with van der Waals surface area (Å²) in [5.74, 6) is -0.202. The van der Waals surface area contributed by atoms with Crippen molar-refractivity contribution in [3.63, 3.8) is 0 Å². The smallest absolute Gasteiger partial charge is 0.196 e. The van der Waals surface area contributed by atoms with Gasteiger partial charge in [0.15, 0.2) is 27.5 Å². The molecule has 8 aromatic carbocycles. The van der Waals surface area contributed by atoms with Gasteiger partial charge in [-0.2, -0.15) is 0 Å². The lowest BCUT2D eigenvalue weighted by Gasteiger charge is -2.11. The maximum Gasteiger partial charge on any atom is 0.196 e. The van der Waals surface area contributed by atoms with Crippen molar-refractivity contribution in [3.8, 4) is 5.75 Å². The van der Waals surface area contributed by atoms with Gasteiger partial charge in [0, 0.05) is 54.9 Å². The molecule has 0 saturated carbocycles. The maximum atomic E-state index is 14.5. The number of phenolic OH excluding ortho intramolecular Hbond substituents is 1. The van der Waals surface area contributed by atoms with Gasteiger partial charge in [0.25, 0.3) is 0 Å². The summed E-state index contributed by atoms with van der Waals surface area (Å²) < 4.78 is 0. The van der Waals surface area contributed by atoms with Gasteiger partial charge in [-0.1, -0.05) is 72.8 Å². The van der Waals surface area contributed by atoms with E-state index in [1.165, 1.54) is 6.07 Å². The molecule has 1 aliphatic rings. The van der Waals surface area contributed by atoms with Crippen LogP contribution < -0.4 is 21.7 Å². The molecular weight excluding hydrogens is 628 g/mol. The van der Waals surface area contributed by atoms with E-state index in [0.717, 1.165) is 27.3 Å². The fourth-order valence-electron chi connectivity index (χ4n) is 8.51. The van der Waals surface area contributed by atoms with E-state index < -0.39 is 5.43 Å². The molecular formula is C42H20N2O6. The van der Waals surface area contributed by atoms with Gasteiger partial charge in [-0.25, -0.2) is 0 Å². The minimum absolute atomic E-state index is 0.0334. The Balaban J connectivity index is 1.46. The van der Waals surface area contributed by atoms with Crippen LogP contribution in [0.1, 0.15) is 11.1 Å². The average Bonchev–Trinajstić information content (AvgIpc) is 3.71. The van der Waals surface area contributed by atoms with E-state index >= 15 is 0 Å². The van der Waals surface area contributed by atoms with E-state index in [9.17, 15) is 29.1 Å². The number of hydrogen-bond acceptors (Lipinski definition) is 6. The van der Waals surface area contributed by atoms with Crippen molar-refractivity contribution in [3.05, 3.63) is 137 Å². The first-order valence-corrected chi connectivity index (χ1v) is 16.2. The van der Waals surface area contributed by atoms with Crippen molar-refractivity contribution in [2.45, 2.75) is 6.42 Å². The maximum absolute atomic E-state index is 14.5. The predicted octanol–water partition coefficient (Wildman–Crippen LogP) is 6.88. The second kappa shape index (κ2) is 8.94. The van der Waals surface area contributed by atoms with Gasteiger partial charge in [-0.3, -0.25) is 24.0 Å². The highest BCUT2D eigenvalue weighted by Gasteiger charge is 2.27.